The predicted molar refractivity (Wildman–Crippen MR) is 137 cm³/mol. The summed E-state index contributed by atoms with van der Waals surface area (Å²) in [6.07, 6.45) is 5.46. The molecule has 1 saturated carbocycles. The quantitative estimate of drug-likeness (QED) is 0.471. The fraction of sp³-hybridized carbons (Fsp3) is 0.481. The van der Waals surface area contributed by atoms with E-state index in [1.807, 2.05) is 25.1 Å². The van der Waals surface area contributed by atoms with E-state index in [0.717, 1.165) is 37.0 Å². The molecular weight excluding hydrogens is 487 g/mol. The second kappa shape index (κ2) is 12.0. The van der Waals surface area contributed by atoms with Crippen LogP contribution in [0, 0.1) is 0 Å². The lowest BCUT2D eigenvalue weighted by atomic mass is 10.0. The third kappa shape index (κ3) is 6.42. The van der Waals surface area contributed by atoms with Gasteiger partial charge in [0.2, 0.25) is 11.8 Å². The zero-order valence-electron chi connectivity index (χ0n) is 20.0. The lowest BCUT2D eigenvalue weighted by Crippen LogP contribution is -2.51. The Morgan fingerprint density at radius 2 is 1.74 bits per heavy atom. The Bertz CT molecular complexity index is 1040. The summed E-state index contributed by atoms with van der Waals surface area (Å²) in [6, 6.07) is 10.6. The van der Waals surface area contributed by atoms with Gasteiger partial charge in [-0.15, -0.1) is 0 Å². The van der Waals surface area contributed by atoms with Crippen molar-refractivity contribution in [2.24, 2.45) is 0 Å². The molecule has 1 fully saturated rings. The zero-order chi connectivity index (χ0) is 24.8. The summed E-state index contributed by atoms with van der Waals surface area (Å²) in [5, 5.41) is 4.12. The van der Waals surface area contributed by atoms with Crippen LogP contribution in [0.15, 0.2) is 36.4 Å². The molecule has 0 aromatic heterocycles. The summed E-state index contributed by atoms with van der Waals surface area (Å²) >= 11 is 12.9. The lowest BCUT2D eigenvalue weighted by Gasteiger charge is -2.32. The molecule has 4 rings (SSSR count). The van der Waals surface area contributed by atoms with E-state index < -0.39 is 6.04 Å². The van der Waals surface area contributed by atoms with Crippen molar-refractivity contribution in [2.45, 2.75) is 70.5 Å². The highest BCUT2D eigenvalue weighted by molar-refractivity contribution is 6.36. The molecule has 8 heteroatoms. The Morgan fingerprint density at radius 3 is 2.43 bits per heavy atom. The average molecular weight is 519 g/mol. The highest BCUT2D eigenvalue weighted by Crippen LogP contribution is 2.32. The molecule has 6 nitrogen and oxygen atoms in total. The highest BCUT2D eigenvalue weighted by atomic mass is 35.5. The van der Waals surface area contributed by atoms with Gasteiger partial charge in [-0.2, -0.15) is 0 Å². The number of ether oxygens (including phenoxy) is 2. The van der Waals surface area contributed by atoms with Crippen LogP contribution in [0.25, 0.3) is 0 Å². The number of benzene rings is 2. The Kier molecular flexibility index (Phi) is 8.79. The number of aryl methyl sites for hydroxylation is 1. The van der Waals surface area contributed by atoms with Crippen molar-refractivity contribution in [3.8, 4) is 11.5 Å². The van der Waals surface area contributed by atoms with E-state index in [-0.39, 0.29) is 30.8 Å². The molecule has 1 N–H and O–H groups in total. The summed E-state index contributed by atoms with van der Waals surface area (Å²) in [6.45, 7) is 3.14. The van der Waals surface area contributed by atoms with Gasteiger partial charge in [0.1, 0.15) is 19.3 Å². The molecule has 0 saturated heterocycles. The van der Waals surface area contributed by atoms with Crippen molar-refractivity contribution >= 4 is 35.0 Å². The van der Waals surface area contributed by atoms with Crippen LogP contribution in [-0.4, -0.2) is 42.0 Å². The minimum atomic E-state index is -0.601. The molecule has 0 bridgehead atoms. The number of hydrogen-bond donors (Lipinski definition) is 1. The fourth-order valence-corrected chi connectivity index (χ4v) is 5.30. The number of amides is 2. The summed E-state index contributed by atoms with van der Waals surface area (Å²) < 4.78 is 11.3. The van der Waals surface area contributed by atoms with Crippen molar-refractivity contribution in [1.29, 1.82) is 0 Å². The molecule has 1 unspecified atom stereocenters. The number of fused-ring (bicyclic) bond motifs is 1. The van der Waals surface area contributed by atoms with Gasteiger partial charge in [0.05, 0.1) is 0 Å². The molecule has 0 spiro atoms. The molecule has 1 heterocycles. The van der Waals surface area contributed by atoms with Gasteiger partial charge in [-0.05, 0) is 55.5 Å². The molecule has 1 atom stereocenters. The number of carbonyl (C=O) groups is 2. The van der Waals surface area contributed by atoms with Gasteiger partial charge in [0.15, 0.2) is 11.5 Å². The maximum Gasteiger partial charge on any atom is 0.243 e. The molecule has 1 aliphatic heterocycles. The number of nitrogens with one attached hydrogen (secondary N) is 1. The standard InChI is InChI=1S/C27H32Cl2N2O4/c1-2-23(27(33)30-19-6-3-4-7-19)31(17-20-21(28)8-5-9-22(20)29)26(32)13-11-18-10-12-24-25(16-18)35-15-14-34-24/h5,8-10,12,16,19,23H,2-4,6-7,11,13-15,17H2,1H3,(H,30,33). The second-order valence-corrected chi connectivity index (χ2v) is 9.93. The Balaban J connectivity index is 1.52. The van der Waals surface area contributed by atoms with Crippen LogP contribution in [0.5, 0.6) is 11.5 Å². The van der Waals surface area contributed by atoms with Crippen molar-refractivity contribution in [2.75, 3.05) is 13.2 Å². The van der Waals surface area contributed by atoms with E-state index >= 15 is 0 Å². The van der Waals surface area contributed by atoms with Gasteiger partial charge in [-0.3, -0.25) is 9.59 Å². The van der Waals surface area contributed by atoms with Crippen molar-refractivity contribution in [1.82, 2.24) is 10.2 Å². The molecule has 35 heavy (non-hydrogen) atoms. The van der Waals surface area contributed by atoms with E-state index in [1.165, 1.54) is 0 Å². The van der Waals surface area contributed by atoms with E-state index in [9.17, 15) is 9.59 Å². The Hall–Kier alpha value is -2.44. The number of carbonyl (C=O) groups excluding carboxylic acids is 2. The molecule has 2 aromatic carbocycles. The molecule has 2 aliphatic rings. The number of hydrogen-bond acceptors (Lipinski definition) is 4. The van der Waals surface area contributed by atoms with Gasteiger partial charge >= 0.3 is 0 Å². The highest BCUT2D eigenvalue weighted by Gasteiger charge is 2.31. The third-order valence-corrected chi connectivity index (χ3v) is 7.42. The topological polar surface area (TPSA) is 67.9 Å². The van der Waals surface area contributed by atoms with Crippen molar-refractivity contribution in [3.05, 3.63) is 57.6 Å². The van der Waals surface area contributed by atoms with Gasteiger partial charge in [-0.25, -0.2) is 0 Å². The van der Waals surface area contributed by atoms with Gasteiger partial charge < -0.3 is 19.7 Å². The van der Waals surface area contributed by atoms with E-state index in [2.05, 4.69) is 5.32 Å². The maximum absolute atomic E-state index is 13.6. The summed E-state index contributed by atoms with van der Waals surface area (Å²) in [4.78, 5) is 28.5. The van der Waals surface area contributed by atoms with Crippen LogP contribution in [0.2, 0.25) is 10.0 Å². The minimum absolute atomic E-state index is 0.116. The van der Waals surface area contributed by atoms with Crippen molar-refractivity contribution < 1.29 is 19.1 Å². The first-order valence-corrected chi connectivity index (χ1v) is 13.1. The minimum Gasteiger partial charge on any atom is -0.486 e. The molecule has 2 aromatic rings. The largest absolute Gasteiger partial charge is 0.486 e. The van der Waals surface area contributed by atoms with Gasteiger partial charge in [0.25, 0.3) is 0 Å². The van der Waals surface area contributed by atoms with E-state index in [0.29, 0.717) is 47.4 Å². The summed E-state index contributed by atoms with van der Waals surface area (Å²) in [7, 11) is 0. The van der Waals surface area contributed by atoms with Crippen molar-refractivity contribution in [3.63, 3.8) is 0 Å². The predicted octanol–water partition coefficient (Wildman–Crippen LogP) is 5.56. The van der Waals surface area contributed by atoms with Gasteiger partial charge in [0, 0.05) is 34.6 Å². The first kappa shape index (κ1) is 25.6. The van der Waals surface area contributed by atoms with Gasteiger partial charge in [-0.1, -0.05) is 55.1 Å². The third-order valence-electron chi connectivity index (χ3n) is 6.71. The first-order chi connectivity index (χ1) is 17.0. The zero-order valence-corrected chi connectivity index (χ0v) is 21.5. The normalized spacial score (nSPS) is 16.1. The molecule has 1 aliphatic carbocycles. The van der Waals surface area contributed by atoms with Crippen LogP contribution < -0.4 is 14.8 Å². The van der Waals surface area contributed by atoms with Crippen LogP contribution in [0.1, 0.15) is 56.6 Å². The van der Waals surface area contributed by atoms with E-state index in [4.69, 9.17) is 32.7 Å². The average Bonchev–Trinajstić information content (AvgIpc) is 3.37. The summed E-state index contributed by atoms with van der Waals surface area (Å²) in [5.41, 5.74) is 1.62. The van der Waals surface area contributed by atoms with Crippen LogP contribution in [0.4, 0.5) is 0 Å². The Labute approximate surface area is 216 Å². The lowest BCUT2D eigenvalue weighted by molar-refractivity contribution is -0.141. The first-order valence-electron chi connectivity index (χ1n) is 12.4. The molecule has 2 amide bonds. The Morgan fingerprint density at radius 1 is 1.06 bits per heavy atom. The van der Waals surface area contributed by atoms with Crippen LogP contribution in [0.3, 0.4) is 0 Å². The fourth-order valence-electron chi connectivity index (χ4n) is 4.78. The summed E-state index contributed by atoms with van der Waals surface area (Å²) in [5.74, 6) is 1.18. The molecule has 0 radical (unpaired) electrons. The number of nitrogens with zero attached hydrogens (tertiary/aromatic N) is 1. The monoisotopic (exact) mass is 518 g/mol. The second-order valence-electron chi connectivity index (χ2n) is 9.11. The van der Waals surface area contributed by atoms with Crippen LogP contribution in [-0.2, 0) is 22.6 Å². The maximum atomic E-state index is 13.6. The molecular formula is C27H32Cl2N2O4. The molecule has 188 valence electrons. The van der Waals surface area contributed by atoms with Crippen LogP contribution >= 0.6 is 23.2 Å². The smallest absolute Gasteiger partial charge is 0.243 e. The number of halogens is 2. The van der Waals surface area contributed by atoms with E-state index in [1.54, 1.807) is 23.1 Å². The number of rotatable bonds is 9. The SMILES string of the molecule is CCC(C(=O)NC1CCCC1)N(Cc1c(Cl)cccc1Cl)C(=O)CCc1ccc2c(c1)OCCO2.